The van der Waals surface area contributed by atoms with Crippen LogP contribution in [0.5, 0.6) is 0 Å². The van der Waals surface area contributed by atoms with Gasteiger partial charge in [-0.25, -0.2) is 0 Å². The SMILES string of the molecule is OCc1ccc(CNC2CCC(C(F)(F)F)CC2)o1. The first kappa shape index (κ1) is 14.4. The van der Waals surface area contributed by atoms with Gasteiger partial charge >= 0.3 is 6.18 Å². The van der Waals surface area contributed by atoms with Crippen LogP contribution in [-0.2, 0) is 13.2 Å². The van der Waals surface area contributed by atoms with E-state index in [4.69, 9.17) is 9.52 Å². The van der Waals surface area contributed by atoms with Crippen molar-refractivity contribution in [2.24, 2.45) is 5.92 Å². The van der Waals surface area contributed by atoms with E-state index in [-0.39, 0.29) is 25.5 Å². The minimum Gasteiger partial charge on any atom is -0.462 e. The van der Waals surface area contributed by atoms with Gasteiger partial charge in [-0.1, -0.05) is 0 Å². The zero-order valence-corrected chi connectivity index (χ0v) is 10.5. The lowest BCUT2D eigenvalue weighted by Crippen LogP contribution is -2.36. The predicted molar refractivity (Wildman–Crippen MR) is 63.3 cm³/mol. The first-order valence-corrected chi connectivity index (χ1v) is 6.47. The third kappa shape index (κ3) is 3.98. The fraction of sp³-hybridized carbons (Fsp3) is 0.692. The van der Waals surface area contributed by atoms with Gasteiger partial charge in [0, 0.05) is 6.04 Å². The molecule has 0 aliphatic heterocycles. The van der Waals surface area contributed by atoms with Crippen LogP contribution in [-0.4, -0.2) is 17.3 Å². The fourth-order valence-electron chi connectivity index (χ4n) is 2.47. The smallest absolute Gasteiger partial charge is 0.391 e. The summed E-state index contributed by atoms with van der Waals surface area (Å²) in [6.07, 6.45) is -2.58. The molecule has 108 valence electrons. The molecule has 0 saturated heterocycles. The topological polar surface area (TPSA) is 45.4 Å². The third-order valence-electron chi connectivity index (χ3n) is 3.63. The van der Waals surface area contributed by atoms with E-state index in [2.05, 4.69) is 5.32 Å². The third-order valence-corrected chi connectivity index (χ3v) is 3.63. The fourth-order valence-corrected chi connectivity index (χ4v) is 2.47. The van der Waals surface area contributed by atoms with Gasteiger partial charge < -0.3 is 14.8 Å². The minimum absolute atomic E-state index is 0.112. The Bertz CT molecular complexity index is 395. The average molecular weight is 277 g/mol. The van der Waals surface area contributed by atoms with Crippen LogP contribution in [0.1, 0.15) is 37.2 Å². The highest BCUT2D eigenvalue weighted by molar-refractivity contribution is 5.06. The van der Waals surface area contributed by atoms with E-state index >= 15 is 0 Å². The van der Waals surface area contributed by atoms with Gasteiger partial charge in [-0.15, -0.1) is 0 Å². The number of nitrogens with one attached hydrogen (secondary N) is 1. The summed E-state index contributed by atoms with van der Waals surface area (Å²) in [5.41, 5.74) is 0. The molecule has 0 spiro atoms. The van der Waals surface area contributed by atoms with Crippen molar-refractivity contribution in [3.8, 4) is 0 Å². The number of rotatable bonds is 4. The molecule has 0 amide bonds. The quantitative estimate of drug-likeness (QED) is 0.889. The molecular weight excluding hydrogens is 259 g/mol. The van der Waals surface area contributed by atoms with Crippen LogP contribution in [0.2, 0.25) is 0 Å². The summed E-state index contributed by atoms with van der Waals surface area (Å²) in [4.78, 5) is 0. The van der Waals surface area contributed by atoms with Crippen LogP contribution < -0.4 is 5.32 Å². The van der Waals surface area contributed by atoms with Crippen molar-refractivity contribution >= 4 is 0 Å². The van der Waals surface area contributed by atoms with Crippen LogP contribution in [0.15, 0.2) is 16.5 Å². The van der Waals surface area contributed by atoms with Crippen LogP contribution in [0, 0.1) is 5.92 Å². The Labute approximate surface area is 109 Å². The lowest BCUT2D eigenvalue weighted by atomic mass is 9.85. The molecule has 19 heavy (non-hydrogen) atoms. The lowest BCUT2D eigenvalue weighted by molar-refractivity contribution is -0.182. The summed E-state index contributed by atoms with van der Waals surface area (Å²) >= 11 is 0. The van der Waals surface area contributed by atoms with E-state index < -0.39 is 12.1 Å². The maximum atomic E-state index is 12.5. The highest BCUT2D eigenvalue weighted by Gasteiger charge is 2.41. The summed E-state index contributed by atoms with van der Waals surface area (Å²) in [5.74, 6) is 0.0507. The Morgan fingerprint density at radius 3 is 2.32 bits per heavy atom. The maximum absolute atomic E-state index is 12.5. The Hall–Kier alpha value is -1.01. The summed E-state index contributed by atoms with van der Waals surface area (Å²) < 4.78 is 42.8. The van der Waals surface area contributed by atoms with Gasteiger partial charge in [0.25, 0.3) is 0 Å². The number of hydrogen-bond donors (Lipinski definition) is 2. The van der Waals surface area contributed by atoms with Crippen molar-refractivity contribution in [3.63, 3.8) is 0 Å². The standard InChI is InChI=1S/C13H18F3NO2/c14-13(15,16)9-1-3-10(4-2-9)17-7-11-5-6-12(8-18)19-11/h5-6,9-10,17-18H,1-4,7-8H2. The van der Waals surface area contributed by atoms with Crippen LogP contribution >= 0.6 is 0 Å². The number of aliphatic hydroxyl groups is 1. The van der Waals surface area contributed by atoms with E-state index in [1.54, 1.807) is 12.1 Å². The molecule has 0 unspecified atom stereocenters. The van der Waals surface area contributed by atoms with Gasteiger partial charge in [-0.05, 0) is 37.8 Å². The van der Waals surface area contributed by atoms with Gasteiger partial charge in [-0.2, -0.15) is 13.2 Å². The summed E-state index contributed by atoms with van der Waals surface area (Å²) in [7, 11) is 0. The Morgan fingerprint density at radius 1 is 1.16 bits per heavy atom. The zero-order valence-electron chi connectivity index (χ0n) is 10.5. The molecule has 1 aliphatic carbocycles. The number of alkyl halides is 3. The van der Waals surface area contributed by atoms with E-state index in [1.165, 1.54) is 0 Å². The first-order chi connectivity index (χ1) is 8.99. The predicted octanol–water partition coefficient (Wildman–Crippen LogP) is 2.98. The highest BCUT2D eigenvalue weighted by Crippen LogP contribution is 2.37. The zero-order chi connectivity index (χ0) is 13.9. The second-order valence-electron chi connectivity index (χ2n) is 5.00. The van der Waals surface area contributed by atoms with Crippen molar-refractivity contribution in [2.45, 2.75) is 51.1 Å². The molecule has 0 aromatic carbocycles. The summed E-state index contributed by atoms with van der Waals surface area (Å²) in [6.45, 7) is 0.345. The van der Waals surface area contributed by atoms with Crippen molar-refractivity contribution in [2.75, 3.05) is 0 Å². The molecule has 6 heteroatoms. The molecule has 1 saturated carbocycles. The van der Waals surface area contributed by atoms with E-state index in [9.17, 15) is 13.2 Å². The maximum Gasteiger partial charge on any atom is 0.391 e. The van der Waals surface area contributed by atoms with Crippen molar-refractivity contribution in [3.05, 3.63) is 23.7 Å². The summed E-state index contributed by atoms with van der Waals surface area (Å²) in [6, 6.07) is 3.57. The second kappa shape index (κ2) is 5.96. The van der Waals surface area contributed by atoms with E-state index in [0.717, 1.165) is 0 Å². The highest BCUT2D eigenvalue weighted by atomic mass is 19.4. The van der Waals surface area contributed by atoms with E-state index in [0.29, 0.717) is 30.9 Å². The molecule has 0 atom stereocenters. The molecule has 1 fully saturated rings. The molecular formula is C13H18F3NO2. The van der Waals surface area contributed by atoms with Gasteiger partial charge in [0.2, 0.25) is 0 Å². The molecule has 1 aromatic rings. The number of halogens is 3. The normalized spacial score (nSPS) is 24.6. The molecule has 1 aliphatic rings. The van der Waals surface area contributed by atoms with Crippen molar-refractivity contribution in [1.82, 2.24) is 5.32 Å². The van der Waals surface area contributed by atoms with Gasteiger partial charge in [0.15, 0.2) is 0 Å². The summed E-state index contributed by atoms with van der Waals surface area (Å²) in [5, 5.41) is 12.1. The number of furan rings is 1. The Morgan fingerprint density at radius 2 is 1.79 bits per heavy atom. The molecule has 0 bridgehead atoms. The van der Waals surface area contributed by atoms with Gasteiger partial charge in [0.05, 0.1) is 12.5 Å². The molecule has 2 N–H and O–H groups in total. The monoisotopic (exact) mass is 277 g/mol. The lowest BCUT2D eigenvalue weighted by Gasteiger charge is -2.30. The Kier molecular flexibility index (Phi) is 4.52. The molecule has 0 radical (unpaired) electrons. The first-order valence-electron chi connectivity index (χ1n) is 6.47. The average Bonchev–Trinajstić information content (AvgIpc) is 2.84. The van der Waals surface area contributed by atoms with Gasteiger partial charge in [0.1, 0.15) is 18.1 Å². The Balaban J connectivity index is 1.74. The van der Waals surface area contributed by atoms with E-state index in [1.807, 2.05) is 0 Å². The van der Waals surface area contributed by atoms with Crippen LogP contribution in [0.4, 0.5) is 13.2 Å². The molecule has 1 aromatic heterocycles. The van der Waals surface area contributed by atoms with Gasteiger partial charge in [-0.3, -0.25) is 0 Å². The molecule has 2 rings (SSSR count). The molecule has 3 nitrogen and oxygen atoms in total. The minimum atomic E-state index is -4.05. The van der Waals surface area contributed by atoms with Crippen LogP contribution in [0.25, 0.3) is 0 Å². The van der Waals surface area contributed by atoms with Crippen molar-refractivity contribution < 1.29 is 22.7 Å². The number of aliphatic hydroxyl groups excluding tert-OH is 1. The largest absolute Gasteiger partial charge is 0.462 e. The van der Waals surface area contributed by atoms with Crippen LogP contribution in [0.3, 0.4) is 0 Å². The second-order valence-corrected chi connectivity index (χ2v) is 5.00. The van der Waals surface area contributed by atoms with Crippen molar-refractivity contribution in [1.29, 1.82) is 0 Å². The molecule has 1 heterocycles. The number of hydrogen-bond acceptors (Lipinski definition) is 3.